The van der Waals surface area contributed by atoms with Gasteiger partial charge in [0, 0.05) is 13.1 Å². The smallest absolute Gasteiger partial charge is 0.315 e. The molecule has 0 bridgehead atoms. The van der Waals surface area contributed by atoms with Crippen molar-refractivity contribution in [1.29, 1.82) is 0 Å². The Morgan fingerprint density at radius 1 is 1.25 bits per heavy atom. The lowest BCUT2D eigenvalue weighted by molar-refractivity contribution is -0.141. The molecule has 20 heavy (non-hydrogen) atoms. The van der Waals surface area contributed by atoms with Crippen LogP contribution in [-0.4, -0.2) is 23.7 Å². The first-order chi connectivity index (χ1) is 9.50. The van der Waals surface area contributed by atoms with Gasteiger partial charge in [0.15, 0.2) is 0 Å². The standard InChI is InChI=1S/C15H22N2O3/c1-11-6-3-4-8-13(11)10-17-15(20)16-9-5-7-12(2)14(18)19/h3-4,6,8,12H,5,7,9-10H2,1-2H3,(H,18,19)(H2,16,17,20). The van der Waals surface area contributed by atoms with Crippen LogP contribution in [0.25, 0.3) is 0 Å². The lowest BCUT2D eigenvalue weighted by atomic mass is 10.1. The highest BCUT2D eigenvalue weighted by Crippen LogP contribution is 2.06. The second-order valence-corrected chi connectivity index (χ2v) is 4.92. The number of carbonyl (C=O) groups is 2. The SMILES string of the molecule is Cc1ccccc1CNC(=O)NCCCC(C)C(=O)O. The number of carboxylic acids is 1. The molecule has 1 aromatic carbocycles. The summed E-state index contributed by atoms with van der Waals surface area (Å²) in [6.45, 7) is 4.64. The van der Waals surface area contributed by atoms with Crippen LogP contribution in [0.4, 0.5) is 4.79 Å². The van der Waals surface area contributed by atoms with Gasteiger partial charge in [0.05, 0.1) is 5.92 Å². The lowest BCUT2D eigenvalue weighted by Crippen LogP contribution is -2.35. The molecule has 1 atom stereocenters. The van der Waals surface area contributed by atoms with Gasteiger partial charge in [-0.3, -0.25) is 4.79 Å². The molecule has 0 aromatic heterocycles. The van der Waals surface area contributed by atoms with E-state index in [9.17, 15) is 9.59 Å². The molecule has 0 radical (unpaired) electrons. The minimum atomic E-state index is -0.797. The number of aliphatic carboxylic acids is 1. The molecule has 0 spiro atoms. The largest absolute Gasteiger partial charge is 0.481 e. The maximum Gasteiger partial charge on any atom is 0.315 e. The molecular weight excluding hydrogens is 256 g/mol. The number of carbonyl (C=O) groups excluding carboxylic acids is 1. The number of urea groups is 1. The molecule has 0 aliphatic carbocycles. The van der Waals surface area contributed by atoms with Gasteiger partial charge in [-0.25, -0.2) is 4.79 Å². The Morgan fingerprint density at radius 2 is 1.95 bits per heavy atom. The van der Waals surface area contributed by atoms with Crippen molar-refractivity contribution in [3.8, 4) is 0 Å². The Bertz CT molecular complexity index is 460. The monoisotopic (exact) mass is 278 g/mol. The van der Waals surface area contributed by atoms with Crippen molar-refractivity contribution >= 4 is 12.0 Å². The van der Waals surface area contributed by atoms with E-state index in [1.807, 2.05) is 31.2 Å². The summed E-state index contributed by atoms with van der Waals surface area (Å²) in [5.74, 6) is -1.17. The van der Waals surface area contributed by atoms with Crippen molar-refractivity contribution < 1.29 is 14.7 Å². The number of hydrogen-bond donors (Lipinski definition) is 3. The molecule has 5 nitrogen and oxygen atoms in total. The number of rotatable bonds is 7. The molecule has 1 rings (SSSR count). The predicted octanol–water partition coefficient (Wildman–Crippen LogP) is 2.30. The van der Waals surface area contributed by atoms with Crippen LogP contribution >= 0.6 is 0 Å². The summed E-state index contributed by atoms with van der Waals surface area (Å²) in [4.78, 5) is 22.2. The zero-order valence-corrected chi connectivity index (χ0v) is 12.0. The molecule has 0 saturated heterocycles. The summed E-state index contributed by atoms with van der Waals surface area (Å²) >= 11 is 0. The summed E-state index contributed by atoms with van der Waals surface area (Å²) in [7, 11) is 0. The fourth-order valence-corrected chi connectivity index (χ4v) is 1.78. The fraction of sp³-hybridized carbons (Fsp3) is 0.467. The topological polar surface area (TPSA) is 78.4 Å². The minimum Gasteiger partial charge on any atom is -0.481 e. The van der Waals surface area contributed by atoms with Gasteiger partial charge in [-0.05, 0) is 30.9 Å². The van der Waals surface area contributed by atoms with Crippen LogP contribution in [0.3, 0.4) is 0 Å². The van der Waals surface area contributed by atoms with Gasteiger partial charge in [-0.2, -0.15) is 0 Å². The molecule has 0 aliphatic heterocycles. The van der Waals surface area contributed by atoms with Gasteiger partial charge in [-0.15, -0.1) is 0 Å². The van der Waals surface area contributed by atoms with Crippen LogP contribution in [0.15, 0.2) is 24.3 Å². The molecule has 1 aromatic rings. The first-order valence-electron chi connectivity index (χ1n) is 6.79. The molecule has 3 N–H and O–H groups in total. The highest BCUT2D eigenvalue weighted by atomic mass is 16.4. The molecule has 5 heteroatoms. The zero-order chi connectivity index (χ0) is 15.0. The Kier molecular flexibility index (Phi) is 6.56. The van der Waals surface area contributed by atoms with E-state index in [1.54, 1.807) is 6.92 Å². The van der Waals surface area contributed by atoms with Gasteiger partial charge in [0.1, 0.15) is 0 Å². The first-order valence-corrected chi connectivity index (χ1v) is 6.79. The van der Waals surface area contributed by atoms with E-state index in [-0.39, 0.29) is 11.9 Å². The highest BCUT2D eigenvalue weighted by Gasteiger charge is 2.10. The van der Waals surface area contributed by atoms with Crippen LogP contribution in [0.1, 0.15) is 30.9 Å². The van der Waals surface area contributed by atoms with E-state index in [1.165, 1.54) is 0 Å². The normalized spacial score (nSPS) is 11.7. The number of amides is 2. The zero-order valence-electron chi connectivity index (χ0n) is 12.0. The van der Waals surface area contributed by atoms with Gasteiger partial charge < -0.3 is 15.7 Å². The van der Waals surface area contributed by atoms with Crippen LogP contribution in [0, 0.1) is 12.8 Å². The number of nitrogens with one attached hydrogen (secondary N) is 2. The average molecular weight is 278 g/mol. The quantitative estimate of drug-likeness (QED) is 0.670. The summed E-state index contributed by atoms with van der Waals surface area (Å²) in [5, 5.41) is 14.2. The van der Waals surface area contributed by atoms with E-state index in [2.05, 4.69) is 10.6 Å². The molecule has 0 heterocycles. The van der Waals surface area contributed by atoms with Crippen molar-refractivity contribution in [1.82, 2.24) is 10.6 Å². The average Bonchev–Trinajstić information content (AvgIpc) is 2.42. The Hall–Kier alpha value is -2.04. The van der Waals surface area contributed by atoms with Crippen molar-refractivity contribution in [2.45, 2.75) is 33.2 Å². The second kappa shape index (κ2) is 8.19. The summed E-state index contributed by atoms with van der Waals surface area (Å²) in [5.41, 5.74) is 2.23. The third-order valence-corrected chi connectivity index (χ3v) is 3.22. The van der Waals surface area contributed by atoms with Crippen LogP contribution in [0.5, 0.6) is 0 Å². The van der Waals surface area contributed by atoms with Crippen LogP contribution in [0.2, 0.25) is 0 Å². The summed E-state index contributed by atoms with van der Waals surface area (Å²) < 4.78 is 0. The first kappa shape index (κ1) is 16.0. The minimum absolute atomic E-state index is 0.226. The maximum atomic E-state index is 11.6. The van der Waals surface area contributed by atoms with Gasteiger partial charge in [0.2, 0.25) is 0 Å². The van der Waals surface area contributed by atoms with Crippen molar-refractivity contribution in [2.24, 2.45) is 5.92 Å². The Morgan fingerprint density at radius 3 is 2.60 bits per heavy atom. The Labute approximate surface area is 119 Å². The fourth-order valence-electron chi connectivity index (χ4n) is 1.78. The Balaban J connectivity index is 2.18. The number of carboxylic acid groups (broad SMARTS) is 1. The van der Waals surface area contributed by atoms with E-state index in [0.717, 1.165) is 11.1 Å². The molecule has 1 unspecified atom stereocenters. The van der Waals surface area contributed by atoms with Gasteiger partial charge in [0.25, 0.3) is 0 Å². The third kappa shape index (κ3) is 5.73. The van der Waals surface area contributed by atoms with Gasteiger partial charge >= 0.3 is 12.0 Å². The van der Waals surface area contributed by atoms with Crippen LogP contribution in [-0.2, 0) is 11.3 Å². The van der Waals surface area contributed by atoms with E-state index in [4.69, 9.17) is 5.11 Å². The maximum absolute atomic E-state index is 11.6. The molecule has 2 amide bonds. The molecule has 0 saturated carbocycles. The molecule has 110 valence electrons. The van der Waals surface area contributed by atoms with Crippen molar-refractivity contribution in [3.63, 3.8) is 0 Å². The van der Waals surface area contributed by atoms with E-state index in [0.29, 0.717) is 25.9 Å². The van der Waals surface area contributed by atoms with E-state index < -0.39 is 5.97 Å². The molecule has 0 fully saturated rings. The summed E-state index contributed by atoms with van der Waals surface area (Å²) in [6.07, 6.45) is 1.22. The molecule has 0 aliphatic rings. The third-order valence-electron chi connectivity index (χ3n) is 3.22. The highest BCUT2D eigenvalue weighted by molar-refractivity contribution is 5.73. The number of benzene rings is 1. The van der Waals surface area contributed by atoms with Crippen molar-refractivity contribution in [2.75, 3.05) is 6.54 Å². The number of aryl methyl sites for hydroxylation is 1. The number of hydrogen-bond acceptors (Lipinski definition) is 2. The summed E-state index contributed by atoms with van der Waals surface area (Å²) in [6, 6.07) is 7.65. The van der Waals surface area contributed by atoms with E-state index >= 15 is 0 Å². The second-order valence-electron chi connectivity index (χ2n) is 4.92. The van der Waals surface area contributed by atoms with Crippen molar-refractivity contribution in [3.05, 3.63) is 35.4 Å². The lowest BCUT2D eigenvalue weighted by Gasteiger charge is -2.10. The molecular formula is C15H22N2O3. The van der Waals surface area contributed by atoms with Gasteiger partial charge in [-0.1, -0.05) is 31.2 Å². The predicted molar refractivity (Wildman–Crippen MR) is 77.5 cm³/mol. The van der Waals surface area contributed by atoms with Crippen LogP contribution < -0.4 is 10.6 Å².